The zero-order valence-corrected chi connectivity index (χ0v) is 11.9. The molecule has 2 aromatic rings. The van der Waals surface area contributed by atoms with E-state index in [-0.39, 0.29) is 0 Å². The van der Waals surface area contributed by atoms with Gasteiger partial charge in [0.15, 0.2) is 0 Å². The first-order valence-corrected chi connectivity index (χ1v) is 6.70. The minimum absolute atomic E-state index is 0.519. The first-order valence-electron chi connectivity index (χ1n) is 6.70. The molecule has 0 atom stereocenters. The number of rotatable bonds is 2. The number of hydrogen-bond acceptors (Lipinski definition) is 5. The molecule has 1 aliphatic heterocycles. The first kappa shape index (κ1) is 12.7. The summed E-state index contributed by atoms with van der Waals surface area (Å²) in [7, 11) is 1.75. The third kappa shape index (κ3) is 2.36. The second kappa shape index (κ2) is 4.96. The van der Waals surface area contributed by atoms with E-state index in [4.69, 9.17) is 0 Å². The van der Waals surface area contributed by atoms with Crippen LogP contribution in [-0.4, -0.2) is 26.8 Å². The van der Waals surface area contributed by atoms with Gasteiger partial charge in [0.25, 0.3) is 5.95 Å². The smallest absolute Gasteiger partial charge is 0.267 e. The van der Waals surface area contributed by atoms with Gasteiger partial charge in [-0.05, 0) is 37.1 Å². The van der Waals surface area contributed by atoms with Crippen molar-refractivity contribution in [2.24, 2.45) is 7.05 Å². The summed E-state index contributed by atoms with van der Waals surface area (Å²) in [6, 6.07) is 4.37. The molecule has 6 heteroatoms. The molecule has 1 aromatic carbocycles. The zero-order valence-electron chi connectivity index (χ0n) is 11.9. The van der Waals surface area contributed by atoms with Gasteiger partial charge in [-0.3, -0.25) is 0 Å². The van der Waals surface area contributed by atoms with Crippen LogP contribution in [0, 0.1) is 13.8 Å². The van der Waals surface area contributed by atoms with Crippen molar-refractivity contribution in [1.29, 1.82) is 0 Å². The Hall–Kier alpha value is -2.37. The number of tetrazole rings is 1. The molecular weight excluding hydrogens is 252 g/mol. The van der Waals surface area contributed by atoms with Crippen molar-refractivity contribution in [2.75, 3.05) is 17.2 Å². The summed E-state index contributed by atoms with van der Waals surface area (Å²) in [6.45, 7) is 5.16. The Bertz CT molecular complexity index is 670. The largest absolute Gasteiger partial charge is 0.384 e. The second-order valence-corrected chi connectivity index (χ2v) is 5.07. The van der Waals surface area contributed by atoms with Crippen LogP contribution in [0.5, 0.6) is 0 Å². The average molecular weight is 270 g/mol. The lowest BCUT2D eigenvalue weighted by atomic mass is 10.0. The van der Waals surface area contributed by atoms with Crippen molar-refractivity contribution in [1.82, 2.24) is 20.2 Å². The molecule has 0 saturated heterocycles. The van der Waals surface area contributed by atoms with Crippen LogP contribution in [0.2, 0.25) is 0 Å². The molecule has 6 nitrogen and oxygen atoms in total. The van der Waals surface area contributed by atoms with E-state index in [1.54, 1.807) is 7.05 Å². The average Bonchev–Trinajstić information content (AvgIpc) is 2.68. The molecule has 2 heterocycles. The number of aryl methyl sites for hydroxylation is 3. The minimum Gasteiger partial charge on any atom is -0.384 e. The van der Waals surface area contributed by atoms with E-state index in [2.05, 4.69) is 58.1 Å². The highest BCUT2D eigenvalue weighted by molar-refractivity contribution is 5.84. The molecular formula is C14H18N6. The number of fused-ring (bicyclic) bond motifs is 1. The van der Waals surface area contributed by atoms with Gasteiger partial charge in [-0.1, -0.05) is 22.8 Å². The van der Waals surface area contributed by atoms with E-state index in [1.807, 2.05) is 0 Å². The minimum atomic E-state index is 0.519. The highest BCUT2D eigenvalue weighted by Gasteiger charge is 2.15. The Morgan fingerprint density at radius 2 is 2.15 bits per heavy atom. The fraction of sp³-hybridized carbons (Fsp3) is 0.357. The van der Waals surface area contributed by atoms with Crippen LogP contribution in [-0.2, 0) is 7.05 Å². The third-order valence-electron chi connectivity index (χ3n) is 3.32. The lowest BCUT2D eigenvalue weighted by molar-refractivity contribution is 0.630. The van der Waals surface area contributed by atoms with Crippen molar-refractivity contribution in [3.05, 3.63) is 34.9 Å². The summed E-state index contributed by atoms with van der Waals surface area (Å²) >= 11 is 0. The van der Waals surface area contributed by atoms with E-state index in [1.165, 1.54) is 21.6 Å². The highest BCUT2D eigenvalue weighted by Crippen LogP contribution is 2.31. The Kier molecular flexibility index (Phi) is 3.14. The van der Waals surface area contributed by atoms with Gasteiger partial charge in [-0.15, -0.1) is 5.10 Å². The van der Waals surface area contributed by atoms with Crippen LogP contribution in [0.15, 0.2) is 18.2 Å². The quantitative estimate of drug-likeness (QED) is 0.874. The number of benzene rings is 1. The predicted octanol–water partition coefficient (Wildman–Crippen LogP) is 2.10. The molecule has 0 aliphatic carbocycles. The SMILES string of the molecule is Cc1cc(C)c2c(c1)C(Nc1nnn(C)n1)=CCCN2. The van der Waals surface area contributed by atoms with E-state index < -0.39 is 0 Å². The monoisotopic (exact) mass is 270 g/mol. The fourth-order valence-corrected chi connectivity index (χ4v) is 2.51. The summed E-state index contributed by atoms with van der Waals surface area (Å²) in [4.78, 5) is 1.44. The number of anilines is 2. The Labute approximate surface area is 117 Å². The first-order chi connectivity index (χ1) is 9.63. The van der Waals surface area contributed by atoms with Gasteiger partial charge >= 0.3 is 0 Å². The van der Waals surface area contributed by atoms with Gasteiger partial charge in [0, 0.05) is 23.5 Å². The van der Waals surface area contributed by atoms with Crippen LogP contribution < -0.4 is 10.6 Å². The molecule has 0 fully saturated rings. The van der Waals surface area contributed by atoms with Gasteiger partial charge < -0.3 is 10.6 Å². The van der Waals surface area contributed by atoms with E-state index in [9.17, 15) is 0 Å². The summed E-state index contributed by atoms with van der Waals surface area (Å²) in [6.07, 6.45) is 3.13. The van der Waals surface area contributed by atoms with Crippen LogP contribution >= 0.6 is 0 Å². The summed E-state index contributed by atoms with van der Waals surface area (Å²) in [5.74, 6) is 0.519. The van der Waals surface area contributed by atoms with E-state index in [0.717, 1.165) is 24.2 Å². The Morgan fingerprint density at radius 1 is 1.30 bits per heavy atom. The van der Waals surface area contributed by atoms with Gasteiger partial charge in [0.1, 0.15) is 0 Å². The predicted molar refractivity (Wildman–Crippen MR) is 79.4 cm³/mol. The van der Waals surface area contributed by atoms with Gasteiger partial charge in [-0.2, -0.15) is 4.80 Å². The lowest BCUT2D eigenvalue weighted by Gasteiger charge is -2.15. The zero-order chi connectivity index (χ0) is 14.1. The molecule has 0 amide bonds. The van der Waals surface area contributed by atoms with Crippen molar-refractivity contribution >= 4 is 17.3 Å². The normalized spacial score (nSPS) is 14.1. The maximum Gasteiger partial charge on any atom is 0.267 e. The van der Waals surface area contributed by atoms with Crippen LogP contribution in [0.1, 0.15) is 23.1 Å². The van der Waals surface area contributed by atoms with Crippen molar-refractivity contribution in [2.45, 2.75) is 20.3 Å². The van der Waals surface area contributed by atoms with Crippen LogP contribution in [0.4, 0.5) is 11.6 Å². The number of nitrogens with zero attached hydrogens (tertiary/aromatic N) is 4. The third-order valence-corrected chi connectivity index (χ3v) is 3.32. The number of hydrogen-bond donors (Lipinski definition) is 2. The maximum atomic E-state index is 4.18. The highest BCUT2D eigenvalue weighted by atomic mass is 15.6. The fourth-order valence-electron chi connectivity index (χ4n) is 2.51. The van der Waals surface area contributed by atoms with Crippen LogP contribution in [0.3, 0.4) is 0 Å². The van der Waals surface area contributed by atoms with Crippen molar-refractivity contribution in [3.63, 3.8) is 0 Å². The van der Waals surface area contributed by atoms with Crippen molar-refractivity contribution in [3.8, 4) is 0 Å². The second-order valence-electron chi connectivity index (χ2n) is 5.07. The molecule has 1 aromatic heterocycles. The molecule has 0 unspecified atom stereocenters. The molecule has 104 valence electrons. The molecule has 1 aliphatic rings. The van der Waals surface area contributed by atoms with Gasteiger partial charge in [-0.25, -0.2) is 0 Å². The van der Waals surface area contributed by atoms with Gasteiger partial charge in [0.05, 0.1) is 7.05 Å². The topological polar surface area (TPSA) is 67.7 Å². The van der Waals surface area contributed by atoms with Crippen LogP contribution in [0.25, 0.3) is 5.70 Å². The molecule has 0 radical (unpaired) electrons. The molecule has 2 N–H and O–H groups in total. The molecule has 3 rings (SSSR count). The Morgan fingerprint density at radius 3 is 2.90 bits per heavy atom. The van der Waals surface area contributed by atoms with E-state index >= 15 is 0 Å². The molecule has 20 heavy (non-hydrogen) atoms. The molecule has 0 saturated carbocycles. The summed E-state index contributed by atoms with van der Waals surface area (Å²) in [5.41, 5.74) is 5.86. The van der Waals surface area contributed by atoms with E-state index in [0.29, 0.717) is 5.95 Å². The van der Waals surface area contributed by atoms with Crippen molar-refractivity contribution < 1.29 is 0 Å². The lowest BCUT2D eigenvalue weighted by Crippen LogP contribution is -2.05. The maximum absolute atomic E-state index is 4.18. The standard InChI is InChI=1S/C14H18N6/c1-9-7-10(2)13-11(8-9)12(5-4-6-15-13)16-14-17-19-20(3)18-14/h5,7-8,15H,4,6H2,1-3H3,(H,16,18). The molecule has 0 spiro atoms. The summed E-state index contributed by atoms with van der Waals surface area (Å²) < 4.78 is 0. The van der Waals surface area contributed by atoms with Gasteiger partial charge in [0.2, 0.25) is 0 Å². The number of nitrogens with one attached hydrogen (secondary N) is 2. The summed E-state index contributed by atoms with van der Waals surface area (Å²) in [5, 5.41) is 18.8. The molecule has 0 bridgehead atoms. The Balaban J connectivity index is 2.02. The number of aromatic nitrogens is 4.